The van der Waals surface area contributed by atoms with Crippen molar-refractivity contribution < 1.29 is 9.47 Å². The molecule has 1 N–H and O–H groups in total. The first-order valence-corrected chi connectivity index (χ1v) is 9.61. The van der Waals surface area contributed by atoms with Crippen LogP contribution in [-0.2, 0) is 23.1 Å². The van der Waals surface area contributed by atoms with Gasteiger partial charge in [0.25, 0.3) is 0 Å². The number of aromatic nitrogens is 2. The zero-order chi connectivity index (χ0) is 18.9. The van der Waals surface area contributed by atoms with Gasteiger partial charge in [0, 0.05) is 65.1 Å². The lowest BCUT2D eigenvalue weighted by atomic mass is 10.1. The molecule has 1 unspecified atom stereocenters. The number of aliphatic imine (C=N–C) groups is 1. The van der Waals surface area contributed by atoms with Gasteiger partial charge in [-0.3, -0.25) is 9.67 Å². The molecule has 1 aromatic rings. The van der Waals surface area contributed by atoms with Gasteiger partial charge in [0.05, 0.1) is 18.9 Å². The van der Waals surface area contributed by atoms with Crippen molar-refractivity contribution in [2.75, 3.05) is 47.1 Å². The molecular formula is C19H35N5O2. The predicted molar refractivity (Wildman–Crippen MR) is 104 cm³/mol. The van der Waals surface area contributed by atoms with Crippen molar-refractivity contribution in [1.29, 1.82) is 0 Å². The fraction of sp³-hybridized carbons (Fsp3) is 0.789. The fourth-order valence-corrected chi connectivity index (χ4v) is 3.22. The highest BCUT2D eigenvalue weighted by molar-refractivity contribution is 5.79. The number of aryl methyl sites for hydroxylation is 1. The minimum absolute atomic E-state index is 0.414. The molecule has 148 valence electrons. The molecule has 0 radical (unpaired) electrons. The summed E-state index contributed by atoms with van der Waals surface area (Å²) in [6, 6.07) is 0. The quantitative estimate of drug-likeness (QED) is 0.412. The van der Waals surface area contributed by atoms with Crippen LogP contribution in [0, 0.1) is 5.92 Å². The van der Waals surface area contributed by atoms with Crippen LogP contribution in [0.15, 0.2) is 11.2 Å². The first-order valence-electron chi connectivity index (χ1n) is 9.61. The van der Waals surface area contributed by atoms with Gasteiger partial charge in [0.15, 0.2) is 5.96 Å². The lowest BCUT2D eigenvalue weighted by Crippen LogP contribution is -2.39. The summed E-state index contributed by atoms with van der Waals surface area (Å²) in [7, 11) is 5.85. The van der Waals surface area contributed by atoms with E-state index in [1.165, 1.54) is 5.56 Å². The molecule has 1 aliphatic rings. The molecule has 7 nitrogen and oxygen atoms in total. The molecule has 26 heavy (non-hydrogen) atoms. The van der Waals surface area contributed by atoms with E-state index in [0.717, 1.165) is 64.0 Å². The van der Waals surface area contributed by atoms with Crippen LogP contribution in [0.4, 0.5) is 0 Å². The summed E-state index contributed by atoms with van der Waals surface area (Å²) in [5.41, 5.74) is 2.40. The molecule has 1 fully saturated rings. The van der Waals surface area contributed by atoms with E-state index in [-0.39, 0.29) is 0 Å². The normalized spacial score (nSPS) is 17.9. The summed E-state index contributed by atoms with van der Waals surface area (Å²) in [5, 5.41) is 8.00. The van der Waals surface area contributed by atoms with Crippen LogP contribution in [0.5, 0.6) is 0 Å². The van der Waals surface area contributed by atoms with Gasteiger partial charge in [0.1, 0.15) is 0 Å². The Bertz CT molecular complexity index is 564. The van der Waals surface area contributed by atoms with E-state index >= 15 is 0 Å². The van der Waals surface area contributed by atoms with E-state index in [9.17, 15) is 0 Å². The molecule has 0 aromatic carbocycles. The summed E-state index contributed by atoms with van der Waals surface area (Å²) in [6.07, 6.45) is 4.19. The Morgan fingerprint density at radius 3 is 3.00 bits per heavy atom. The summed E-state index contributed by atoms with van der Waals surface area (Å²) >= 11 is 0. The van der Waals surface area contributed by atoms with Crippen LogP contribution >= 0.6 is 0 Å². The van der Waals surface area contributed by atoms with Gasteiger partial charge in [-0.1, -0.05) is 13.8 Å². The van der Waals surface area contributed by atoms with Crippen molar-refractivity contribution in [3.63, 3.8) is 0 Å². The summed E-state index contributed by atoms with van der Waals surface area (Å²) in [5.74, 6) is 1.89. The fourth-order valence-electron chi connectivity index (χ4n) is 3.22. The van der Waals surface area contributed by atoms with E-state index in [2.05, 4.69) is 47.4 Å². The molecule has 0 bridgehead atoms. The lowest BCUT2D eigenvalue weighted by Gasteiger charge is -2.22. The highest BCUT2D eigenvalue weighted by atomic mass is 16.5. The average molecular weight is 366 g/mol. The number of hydrogen-bond acceptors (Lipinski definition) is 4. The van der Waals surface area contributed by atoms with Gasteiger partial charge < -0.3 is 19.7 Å². The monoisotopic (exact) mass is 365 g/mol. The van der Waals surface area contributed by atoms with E-state index in [4.69, 9.17) is 9.47 Å². The van der Waals surface area contributed by atoms with Crippen molar-refractivity contribution in [1.82, 2.24) is 20.0 Å². The van der Waals surface area contributed by atoms with Gasteiger partial charge >= 0.3 is 0 Å². The second kappa shape index (κ2) is 10.5. The van der Waals surface area contributed by atoms with Gasteiger partial charge in [-0.05, 0) is 18.8 Å². The third kappa shape index (κ3) is 6.29. The van der Waals surface area contributed by atoms with Crippen molar-refractivity contribution >= 4 is 5.96 Å². The Kier molecular flexibility index (Phi) is 8.38. The zero-order valence-corrected chi connectivity index (χ0v) is 17.0. The molecule has 0 amide bonds. The Morgan fingerprint density at radius 1 is 1.54 bits per heavy atom. The van der Waals surface area contributed by atoms with E-state index < -0.39 is 0 Å². The SMILES string of the molecule is CN=C(NCCCOCC1CCOC1)N(C)Cc1cn(C)nc1C(C)C. The van der Waals surface area contributed by atoms with Crippen LogP contribution in [0.1, 0.15) is 43.9 Å². The van der Waals surface area contributed by atoms with Crippen molar-refractivity contribution in [2.24, 2.45) is 18.0 Å². The van der Waals surface area contributed by atoms with E-state index in [1.54, 1.807) is 0 Å². The largest absolute Gasteiger partial charge is 0.381 e. The van der Waals surface area contributed by atoms with Crippen LogP contribution < -0.4 is 5.32 Å². The van der Waals surface area contributed by atoms with Crippen LogP contribution in [0.3, 0.4) is 0 Å². The highest BCUT2D eigenvalue weighted by Crippen LogP contribution is 2.18. The van der Waals surface area contributed by atoms with Gasteiger partial charge in [-0.2, -0.15) is 5.10 Å². The summed E-state index contributed by atoms with van der Waals surface area (Å²) in [4.78, 5) is 6.53. The Balaban J connectivity index is 1.70. The number of nitrogens with zero attached hydrogens (tertiary/aromatic N) is 4. The molecular weight excluding hydrogens is 330 g/mol. The third-order valence-corrected chi connectivity index (χ3v) is 4.59. The summed E-state index contributed by atoms with van der Waals surface area (Å²) in [6.45, 7) is 9.31. The Hall–Kier alpha value is -1.60. The van der Waals surface area contributed by atoms with Gasteiger partial charge in [-0.15, -0.1) is 0 Å². The Morgan fingerprint density at radius 2 is 2.35 bits per heavy atom. The molecule has 2 heterocycles. The van der Waals surface area contributed by atoms with Crippen LogP contribution in [-0.4, -0.2) is 67.7 Å². The van der Waals surface area contributed by atoms with Crippen LogP contribution in [0.25, 0.3) is 0 Å². The maximum Gasteiger partial charge on any atom is 0.193 e. The minimum Gasteiger partial charge on any atom is -0.381 e. The molecule has 1 aromatic heterocycles. The number of hydrogen-bond donors (Lipinski definition) is 1. The number of nitrogens with one attached hydrogen (secondary N) is 1. The first kappa shape index (κ1) is 20.7. The highest BCUT2D eigenvalue weighted by Gasteiger charge is 2.16. The zero-order valence-electron chi connectivity index (χ0n) is 17.0. The standard InChI is InChI=1S/C19H35N5O2/c1-15(2)18-17(12-24(5)22-18)11-23(4)19(20-3)21-8-6-9-25-13-16-7-10-26-14-16/h12,15-16H,6-11,13-14H2,1-5H3,(H,20,21). The van der Waals surface area contributed by atoms with Gasteiger partial charge in [-0.25, -0.2) is 0 Å². The molecule has 7 heteroatoms. The third-order valence-electron chi connectivity index (χ3n) is 4.59. The number of guanidine groups is 1. The molecule has 1 atom stereocenters. The maximum absolute atomic E-state index is 5.75. The smallest absolute Gasteiger partial charge is 0.193 e. The number of rotatable bonds is 9. The predicted octanol–water partition coefficient (Wildman–Crippen LogP) is 1.99. The molecule has 2 rings (SSSR count). The second-order valence-corrected chi connectivity index (χ2v) is 7.36. The lowest BCUT2D eigenvalue weighted by molar-refractivity contribution is 0.0887. The average Bonchev–Trinajstić information content (AvgIpc) is 3.23. The summed E-state index contributed by atoms with van der Waals surface area (Å²) < 4.78 is 13.0. The molecule has 0 spiro atoms. The van der Waals surface area contributed by atoms with E-state index in [0.29, 0.717) is 11.8 Å². The first-order chi connectivity index (χ1) is 12.5. The minimum atomic E-state index is 0.414. The van der Waals surface area contributed by atoms with E-state index in [1.807, 2.05) is 18.8 Å². The molecule has 1 saturated heterocycles. The second-order valence-electron chi connectivity index (χ2n) is 7.36. The van der Waals surface area contributed by atoms with Crippen LogP contribution in [0.2, 0.25) is 0 Å². The topological polar surface area (TPSA) is 63.9 Å². The van der Waals surface area contributed by atoms with Crippen molar-refractivity contribution in [3.05, 3.63) is 17.5 Å². The molecule has 0 saturated carbocycles. The number of ether oxygens (including phenoxy) is 2. The maximum atomic E-state index is 5.75. The Labute approximate surface area is 157 Å². The molecule has 1 aliphatic heterocycles. The molecule has 0 aliphatic carbocycles. The van der Waals surface area contributed by atoms with Crippen molar-refractivity contribution in [3.8, 4) is 0 Å². The van der Waals surface area contributed by atoms with Gasteiger partial charge in [0.2, 0.25) is 0 Å². The van der Waals surface area contributed by atoms with Crippen molar-refractivity contribution in [2.45, 2.75) is 39.2 Å².